The van der Waals surface area contributed by atoms with Crippen LogP contribution >= 0.6 is 0 Å². The number of nitrogens with zero attached hydrogens (tertiary/aromatic N) is 2. The predicted octanol–water partition coefficient (Wildman–Crippen LogP) is 4.28. The van der Waals surface area contributed by atoms with Gasteiger partial charge in [0.1, 0.15) is 0 Å². The first kappa shape index (κ1) is 28.4. The lowest BCUT2D eigenvalue weighted by molar-refractivity contribution is -0.140. The van der Waals surface area contributed by atoms with E-state index in [1.54, 1.807) is 13.0 Å². The second kappa shape index (κ2) is 13.5. The Morgan fingerprint density at radius 3 is 2.46 bits per heavy atom. The van der Waals surface area contributed by atoms with E-state index in [1.165, 1.54) is 12.8 Å². The van der Waals surface area contributed by atoms with Crippen LogP contribution in [0.2, 0.25) is 0 Å². The maximum atomic E-state index is 13.0. The number of morpholine rings is 1. The Morgan fingerprint density at radius 2 is 1.77 bits per heavy atom. The zero-order valence-corrected chi connectivity index (χ0v) is 23.2. The van der Waals surface area contributed by atoms with Crippen LogP contribution in [-0.2, 0) is 19.1 Å². The highest BCUT2D eigenvalue weighted by Gasteiger charge is 2.33. The molecule has 0 aromatic heterocycles. The molecule has 2 aliphatic heterocycles. The molecule has 2 heterocycles. The fraction of sp³-hybridized carbons (Fsp3) is 0.500. The first-order chi connectivity index (χ1) is 18.9. The molecule has 0 saturated carbocycles. The zero-order chi connectivity index (χ0) is 27.8. The number of benzene rings is 2. The highest BCUT2D eigenvalue weighted by atomic mass is 16.5. The molecule has 39 heavy (non-hydrogen) atoms. The van der Waals surface area contributed by atoms with Crippen LogP contribution in [0.15, 0.2) is 42.5 Å². The van der Waals surface area contributed by atoms with Crippen molar-refractivity contribution in [2.24, 2.45) is 0 Å². The summed E-state index contributed by atoms with van der Waals surface area (Å²) in [5.41, 5.74) is 4.51. The Kier molecular flexibility index (Phi) is 9.81. The molecule has 2 aliphatic rings. The summed E-state index contributed by atoms with van der Waals surface area (Å²) < 4.78 is 10.1. The van der Waals surface area contributed by atoms with Crippen molar-refractivity contribution in [2.45, 2.75) is 58.0 Å². The summed E-state index contributed by atoms with van der Waals surface area (Å²) in [7, 11) is 1.39. The van der Waals surface area contributed by atoms with E-state index in [4.69, 9.17) is 4.74 Å². The molecule has 2 aromatic rings. The average molecular weight is 537 g/mol. The molecule has 2 aromatic carbocycles. The van der Waals surface area contributed by atoms with Crippen LogP contribution < -0.4 is 20.4 Å². The summed E-state index contributed by atoms with van der Waals surface area (Å²) >= 11 is 0. The first-order valence-corrected chi connectivity index (χ1v) is 13.9. The average Bonchev–Trinajstić information content (AvgIpc) is 2.95. The fourth-order valence-electron chi connectivity index (χ4n) is 5.39. The van der Waals surface area contributed by atoms with Crippen molar-refractivity contribution in [2.75, 3.05) is 55.1 Å². The third-order valence-corrected chi connectivity index (χ3v) is 7.44. The molecule has 1 saturated heterocycles. The number of esters is 1. The Bertz CT molecular complexity index is 1150. The van der Waals surface area contributed by atoms with E-state index in [0.29, 0.717) is 18.5 Å². The van der Waals surface area contributed by atoms with E-state index >= 15 is 0 Å². The van der Waals surface area contributed by atoms with Crippen LogP contribution in [0.4, 0.5) is 17.1 Å². The minimum absolute atomic E-state index is 0.0128. The lowest BCUT2D eigenvalue weighted by Gasteiger charge is -2.39. The Labute approximate surface area is 230 Å². The van der Waals surface area contributed by atoms with Gasteiger partial charge in [-0.3, -0.25) is 14.4 Å². The van der Waals surface area contributed by atoms with Crippen LogP contribution in [-0.4, -0.2) is 63.8 Å². The minimum Gasteiger partial charge on any atom is -0.469 e. The van der Waals surface area contributed by atoms with Crippen molar-refractivity contribution >= 4 is 34.8 Å². The molecule has 2 N–H and O–H groups in total. The van der Waals surface area contributed by atoms with Crippen LogP contribution in [0.3, 0.4) is 0 Å². The largest absolute Gasteiger partial charge is 0.469 e. The molecular formula is C30H40N4O5. The molecule has 2 atom stereocenters. The molecule has 0 aliphatic carbocycles. The van der Waals surface area contributed by atoms with E-state index in [9.17, 15) is 14.4 Å². The summed E-state index contributed by atoms with van der Waals surface area (Å²) in [6, 6.07) is 14.0. The van der Waals surface area contributed by atoms with Gasteiger partial charge in [0.05, 0.1) is 26.4 Å². The maximum absolute atomic E-state index is 13.0. The lowest BCUT2D eigenvalue weighted by Crippen LogP contribution is -2.43. The molecule has 9 heteroatoms. The van der Waals surface area contributed by atoms with E-state index in [0.717, 1.165) is 68.9 Å². The van der Waals surface area contributed by atoms with E-state index < -0.39 is 0 Å². The molecule has 0 unspecified atom stereocenters. The van der Waals surface area contributed by atoms with Gasteiger partial charge in [0.2, 0.25) is 5.91 Å². The van der Waals surface area contributed by atoms with Gasteiger partial charge in [-0.1, -0.05) is 6.42 Å². The second-order valence-electron chi connectivity index (χ2n) is 10.2. The van der Waals surface area contributed by atoms with Crippen molar-refractivity contribution in [3.05, 3.63) is 53.6 Å². The Balaban J connectivity index is 1.45. The van der Waals surface area contributed by atoms with Gasteiger partial charge in [-0.25, -0.2) is 0 Å². The van der Waals surface area contributed by atoms with Crippen LogP contribution in [0.1, 0.15) is 67.9 Å². The molecular weight excluding hydrogens is 496 g/mol. The van der Waals surface area contributed by atoms with E-state index in [1.807, 2.05) is 17.0 Å². The number of methoxy groups -OCH3 is 1. The highest BCUT2D eigenvalue weighted by Crippen LogP contribution is 2.40. The number of amides is 2. The van der Waals surface area contributed by atoms with Crippen molar-refractivity contribution < 1.29 is 23.9 Å². The van der Waals surface area contributed by atoms with Crippen molar-refractivity contribution in [3.8, 4) is 0 Å². The maximum Gasteiger partial charge on any atom is 0.305 e. The summed E-state index contributed by atoms with van der Waals surface area (Å²) in [6.07, 6.45) is 3.48. The van der Waals surface area contributed by atoms with Crippen molar-refractivity contribution in [1.82, 2.24) is 5.32 Å². The third kappa shape index (κ3) is 7.29. The Morgan fingerprint density at radius 1 is 1.03 bits per heavy atom. The smallest absolute Gasteiger partial charge is 0.305 e. The van der Waals surface area contributed by atoms with Gasteiger partial charge in [0.15, 0.2) is 0 Å². The number of anilines is 3. The molecule has 210 valence electrons. The summed E-state index contributed by atoms with van der Waals surface area (Å²) in [4.78, 5) is 40.8. The number of carbonyl (C=O) groups is 3. The molecule has 0 bridgehead atoms. The number of rotatable bonds is 10. The van der Waals surface area contributed by atoms with Crippen LogP contribution in [0.5, 0.6) is 0 Å². The molecule has 0 spiro atoms. The van der Waals surface area contributed by atoms with Gasteiger partial charge >= 0.3 is 5.97 Å². The van der Waals surface area contributed by atoms with Gasteiger partial charge in [0.25, 0.3) is 5.91 Å². The number of hydrogen-bond acceptors (Lipinski definition) is 7. The van der Waals surface area contributed by atoms with Crippen molar-refractivity contribution in [3.63, 3.8) is 0 Å². The van der Waals surface area contributed by atoms with E-state index in [-0.39, 0.29) is 29.9 Å². The third-order valence-electron chi connectivity index (χ3n) is 7.44. The van der Waals surface area contributed by atoms with Crippen molar-refractivity contribution in [1.29, 1.82) is 0 Å². The molecule has 0 radical (unpaired) electrons. The SMILES string of the molecule is COC(=O)CCCCCNC(=O)c1ccc2c(c1)[C@H](Nc1ccc(N3CCOCC3)cc1)C[C@H](C)N2C(C)=O. The zero-order valence-electron chi connectivity index (χ0n) is 23.2. The number of fused-ring (bicyclic) bond motifs is 1. The fourth-order valence-corrected chi connectivity index (χ4v) is 5.39. The van der Waals surface area contributed by atoms with Gasteiger partial charge in [-0.15, -0.1) is 0 Å². The monoisotopic (exact) mass is 536 g/mol. The molecule has 9 nitrogen and oxygen atoms in total. The normalized spacial score (nSPS) is 18.7. The summed E-state index contributed by atoms with van der Waals surface area (Å²) in [6.45, 7) is 7.44. The van der Waals surface area contributed by atoms with Gasteiger partial charge in [0, 0.05) is 61.6 Å². The summed E-state index contributed by atoms with van der Waals surface area (Å²) in [5, 5.41) is 6.64. The van der Waals surface area contributed by atoms with Crippen LogP contribution in [0.25, 0.3) is 0 Å². The highest BCUT2D eigenvalue weighted by molar-refractivity contribution is 5.97. The van der Waals surface area contributed by atoms with E-state index in [2.05, 4.69) is 51.5 Å². The van der Waals surface area contributed by atoms with Crippen LogP contribution in [0, 0.1) is 0 Å². The van der Waals surface area contributed by atoms with Gasteiger partial charge in [-0.2, -0.15) is 0 Å². The molecule has 1 fully saturated rings. The lowest BCUT2D eigenvalue weighted by atomic mass is 9.90. The first-order valence-electron chi connectivity index (χ1n) is 13.9. The standard InChI is InChI=1S/C30H40N4O5/c1-21-19-27(32-24-9-11-25(12-10-24)33-15-17-39-18-16-33)26-20-23(8-13-28(26)34(21)22(2)35)30(37)31-14-6-4-5-7-29(36)38-3/h8-13,20-21,27,32H,4-7,14-19H2,1-3H3,(H,31,37)/t21-,27+/m0/s1. The molecule has 2 amide bonds. The Hall–Kier alpha value is -3.59. The minimum atomic E-state index is -0.210. The number of nitrogens with one attached hydrogen (secondary N) is 2. The van der Waals surface area contributed by atoms with Gasteiger partial charge < -0.3 is 29.9 Å². The second-order valence-corrected chi connectivity index (χ2v) is 10.2. The number of hydrogen-bond donors (Lipinski definition) is 2. The quantitative estimate of drug-likeness (QED) is 0.345. The number of unbranched alkanes of at least 4 members (excludes halogenated alkanes) is 2. The molecule has 4 rings (SSSR count). The van der Waals surface area contributed by atoms with Gasteiger partial charge in [-0.05, 0) is 74.2 Å². The summed E-state index contributed by atoms with van der Waals surface area (Å²) in [5.74, 6) is -0.369. The topological polar surface area (TPSA) is 100 Å². The predicted molar refractivity (Wildman–Crippen MR) is 152 cm³/mol. The number of ether oxygens (including phenoxy) is 2. The number of carbonyl (C=O) groups excluding carboxylic acids is 3.